The van der Waals surface area contributed by atoms with Gasteiger partial charge >= 0.3 is 6.09 Å². The number of hydrogen-bond donors (Lipinski definition) is 0. The third-order valence-electron chi connectivity index (χ3n) is 6.85. The van der Waals surface area contributed by atoms with Crippen LogP contribution in [0.3, 0.4) is 0 Å². The summed E-state index contributed by atoms with van der Waals surface area (Å²) in [4.78, 5) is 28.1. The van der Waals surface area contributed by atoms with E-state index in [1.54, 1.807) is 4.90 Å². The summed E-state index contributed by atoms with van der Waals surface area (Å²) in [7, 11) is 0. The van der Waals surface area contributed by atoms with Gasteiger partial charge in [-0.3, -0.25) is 9.69 Å². The van der Waals surface area contributed by atoms with Gasteiger partial charge in [0.1, 0.15) is 6.04 Å². The normalized spacial score (nSPS) is 25.9. The topological polar surface area (TPSA) is 65.1 Å². The lowest BCUT2D eigenvalue weighted by molar-refractivity contribution is -0.191. The monoisotopic (exact) mass is 471 g/mol. The highest BCUT2D eigenvalue weighted by atomic mass is 16.6. The molecule has 3 aromatic carbocycles. The molecule has 6 heteroatoms. The van der Waals surface area contributed by atoms with E-state index in [2.05, 4.69) is 0 Å². The zero-order valence-corrected chi connectivity index (χ0v) is 19.7. The minimum Gasteiger partial charge on any atom is -0.439 e. The van der Waals surface area contributed by atoms with Crippen LogP contribution in [0.2, 0.25) is 0 Å². The number of benzene rings is 3. The highest BCUT2D eigenvalue weighted by Gasteiger charge is 2.63. The number of hydrogen-bond acceptors (Lipinski definition) is 5. The molecule has 1 saturated heterocycles. The lowest BCUT2D eigenvalue weighted by Crippen LogP contribution is -2.71. The third-order valence-corrected chi connectivity index (χ3v) is 6.85. The van der Waals surface area contributed by atoms with Gasteiger partial charge in [-0.25, -0.2) is 4.79 Å². The van der Waals surface area contributed by atoms with Crippen molar-refractivity contribution in [2.75, 3.05) is 13.2 Å². The minimum atomic E-state index is -1.22. The molecule has 1 aliphatic carbocycles. The van der Waals surface area contributed by atoms with Crippen LogP contribution in [0.1, 0.15) is 42.2 Å². The van der Waals surface area contributed by atoms with Crippen molar-refractivity contribution < 1.29 is 23.8 Å². The summed E-state index contributed by atoms with van der Waals surface area (Å²) in [6.07, 6.45) is -0.738. The maximum absolute atomic E-state index is 13.4. The molecule has 4 atom stereocenters. The van der Waals surface area contributed by atoms with Crippen LogP contribution in [0.15, 0.2) is 91.0 Å². The number of cyclic esters (lactones) is 1. The van der Waals surface area contributed by atoms with E-state index >= 15 is 0 Å². The summed E-state index contributed by atoms with van der Waals surface area (Å²) in [5.74, 6) is -0.0554. The first-order valence-electron chi connectivity index (χ1n) is 12.0. The molecule has 0 radical (unpaired) electrons. The highest BCUT2D eigenvalue weighted by molar-refractivity contribution is 5.97. The number of carbonyl (C=O) groups is 2. The van der Waals surface area contributed by atoms with Gasteiger partial charge in [0.2, 0.25) is 0 Å². The largest absolute Gasteiger partial charge is 0.439 e. The van der Waals surface area contributed by atoms with E-state index in [1.165, 1.54) is 0 Å². The molecule has 6 nitrogen and oxygen atoms in total. The molecule has 0 N–H and O–H groups in total. The fourth-order valence-corrected chi connectivity index (χ4v) is 5.13. The molecule has 1 heterocycles. The zero-order chi connectivity index (χ0) is 24.3. The fourth-order valence-electron chi connectivity index (χ4n) is 5.13. The van der Waals surface area contributed by atoms with Crippen LogP contribution in [0.5, 0.6) is 0 Å². The third kappa shape index (κ3) is 4.35. The Balaban J connectivity index is 1.46. The average Bonchev–Trinajstić information content (AvgIpc) is 3.24. The van der Waals surface area contributed by atoms with E-state index in [0.29, 0.717) is 13.2 Å². The second-order valence-electron chi connectivity index (χ2n) is 8.92. The van der Waals surface area contributed by atoms with Crippen molar-refractivity contribution in [3.63, 3.8) is 0 Å². The Bertz CT molecular complexity index is 1150. The van der Waals surface area contributed by atoms with Crippen LogP contribution in [0, 0.1) is 0 Å². The van der Waals surface area contributed by atoms with Gasteiger partial charge in [0.05, 0.1) is 19.3 Å². The number of rotatable bonds is 9. The first-order chi connectivity index (χ1) is 17.1. The van der Waals surface area contributed by atoms with Crippen LogP contribution < -0.4 is 0 Å². The Morgan fingerprint density at radius 2 is 1.49 bits per heavy atom. The number of nitrogens with zero attached hydrogens (tertiary/aromatic N) is 1. The van der Waals surface area contributed by atoms with Crippen LogP contribution in [0.25, 0.3) is 0 Å². The second kappa shape index (κ2) is 10.0. The first-order valence-corrected chi connectivity index (χ1v) is 12.0. The lowest BCUT2D eigenvalue weighted by Gasteiger charge is -2.51. The molecule has 1 saturated carbocycles. The van der Waals surface area contributed by atoms with Crippen molar-refractivity contribution in [2.45, 2.75) is 43.7 Å². The molecule has 1 aliphatic heterocycles. The maximum atomic E-state index is 13.4. The van der Waals surface area contributed by atoms with E-state index in [0.717, 1.165) is 16.7 Å². The number of ketones is 1. The number of Topliss-reactive ketones (excluding diaryl/α,β-unsaturated/α-hetero) is 1. The van der Waals surface area contributed by atoms with Gasteiger partial charge in [-0.2, -0.15) is 0 Å². The highest BCUT2D eigenvalue weighted by Crippen LogP contribution is 2.49. The molecule has 35 heavy (non-hydrogen) atoms. The van der Waals surface area contributed by atoms with Crippen LogP contribution >= 0.6 is 0 Å². The van der Waals surface area contributed by atoms with Crippen LogP contribution in [0.4, 0.5) is 4.79 Å². The lowest BCUT2D eigenvalue weighted by atomic mass is 9.71. The van der Waals surface area contributed by atoms with Crippen molar-refractivity contribution >= 4 is 11.9 Å². The Morgan fingerprint density at radius 3 is 2.09 bits per heavy atom. The molecule has 0 bridgehead atoms. The summed E-state index contributed by atoms with van der Waals surface area (Å²) >= 11 is 0. The predicted molar refractivity (Wildman–Crippen MR) is 131 cm³/mol. The molecule has 0 spiro atoms. The Labute approximate surface area is 205 Å². The molecule has 0 aromatic heterocycles. The van der Waals surface area contributed by atoms with Crippen molar-refractivity contribution in [3.05, 3.63) is 108 Å². The van der Waals surface area contributed by atoms with Crippen LogP contribution in [-0.2, 0) is 25.6 Å². The number of carbonyl (C=O) groups excluding carboxylic acids is 2. The fraction of sp³-hybridized carbons (Fsp3) is 0.310. The van der Waals surface area contributed by atoms with Gasteiger partial charge in [-0.1, -0.05) is 91.0 Å². The van der Waals surface area contributed by atoms with Crippen LogP contribution in [-0.4, -0.2) is 41.6 Å². The Morgan fingerprint density at radius 1 is 0.886 bits per heavy atom. The number of amides is 1. The van der Waals surface area contributed by atoms with Crippen molar-refractivity contribution in [2.24, 2.45) is 0 Å². The first kappa shape index (κ1) is 23.3. The summed E-state index contributed by atoms with van der Waals surface area (Å²) in [5.41, 5.74) is 1.64. The van der Waals surface area contributed by atoms with Gasteiger partial charge < -0.3 is 14.2 Å². The average molecular weight is 472 g/mol. The molecule has 5 rings (SSSR count). The molecule has 3 aromatic rings. The van der Waals surface area contributed by atoms with Crippen molar-refractivity contribution in [3.8, 4) is 0 Å². The minimum absolute atomic E-state index is 0.0554. The van der Waals surface area contributed by atoms with Crippen molar-refractivity contribution in [1.82, 2.24) is 4.90 Å². The molecule has 180 valence electrons. The number of ether oxygens (including phenoxy) is 3. The quantitative estimate of drug-likeness (QED) is 0.426. The van der Waals surface area contributed by atoms with E-state index in [9.17, 15) is 9.59 Å². The van der Waals surface area contributed by atoms with E-state index < -0.39 is 29.9 Å². The molecule has 2 fully saturated rings. The maximum Gasteiger partial charge on any atom is 0.411 e. The molecular formula is C29H29NO5. The SMILES string of the molecule is CCO[C@@]1(COCc2ccccc2)C(=O)C[C@@H]1N1C(=O)O[C@H](c2ccccc2)[C@@H]1c1ccccc1. The molecule has 2 aliphatic rings. The van der Waals surface area contributed by atoms with Crippen molar-refractivity contribution in [1.29, 1.82) is 0 Å². The zero-order valence-electron chi connectivity index (χ0n) is 19.7. The van der Waals surface area contributed by atoms with Gasteiger partial charge in [0, 0.05) is 13.0 Å². The summed E-state index contributed by atoms with van der Waals surface area (Å²) < 4.78 is 18.0. The molecule has 1 amide bonds. The molecular weight excluding hydrogens is 442 g/mol. The van der Waals surface area contributed by atoms with Gasteiger partial charge in [-0.05, 0) is 23.6 Å². The smallest absolute Gasteiger partial charge is 0.411 e. The van der Waals surface area contributed by atoms with E-state index in [1.807, 2.05) is 97.9 Å². The van der Waals surface area contributed by atoms with Gasteiger partial charge in [0.25, 0.3) is 0 Å². The second-order valence-corrected chi connectivity index (χ2v) is 8.92. The van der Waals surface area contributed by atoms with E-state index in [-0.39, 0.29) is 18.8 Å². The Kier molecular flexibility index (Phi) is 6.66. The summed E-state index contributed by atoms with van der Waals surface area (Å²) in [6.45, 7) is 2.61. The summed E-state index contributed by atoms with van der Waals surface area (Å²) in [6, 6.07) is 28.4. The van der Waals surface area contributed by atoms with Gasteiger partial charge in [0.15, 0.2) is 17.5 Å². The van der Waals surface area contributed by atoms with E-state index in [4.69, 9.17) is 14.2 Å². The molecule has 0 unspecified atom stereocenters. The Hall–Kier alpha value is -3.48. The standard InChI is InChI=1S/C29H29NO5/c1-2-34-29(20-33-19-21-12-6-3-7-13-21)24(18-25(29)31)30-26(22-14-8-4-9-15-22)27(35-28(30)32)23-16-10-5-11-17-23/h3-17,24,26-27H,2,18-20H2,1H3/t24-,26-,27+,29+/m0/s1. The predicted octanol–water partition coefficient (Wildman–Crippen LogP) is 5.25. The summed E-state index contributed by atoms with van der Waals surface area (Å²) in [5, 5.41) is 0. The van der Waals surface area contributed by atoms with Gasteiger partial charge in [-0.15, -0.1) is 0 Å².